The van der Waals surface area contributed by atoms with Crippen molar-refractivity contribution in [3.63, 3.8) is 0 Å². The molecule has 0 radical (unpaired) electrons. The minimum absolute atomic E-state index is 0.361. The van der Waals surface area contributed by atoms with Crippen molar-refractivity contribution in [2.24, 2.45) is 5.92 Å². The lowest BCUT2D eigenvalue weighted by atomic mass is 9.91. The third-order valence-electron chi connectivity index (χ3n) is 4.07. The second-order valence-corrected chi connectivity index (χ2v) is 5.76. The molecule has 1 aliphatic heterocycles. The van der Waals surface area contributed by atoms with E-state index in [1.165, 1.54) is 0 Å². The van der Waals surface area contributed by atoms with E-state index in [2.05, 4.69) is 16.4 Å². The second-order valence-electron chi connectivity index (χ2n) is 5.36. The average Bonchev–Trinajstić information content (AvgIpc) is 2.92. The molecule has 1 amide bonds. The summed E-state index contributed by atoms with van der Waals surface area (Å²) in [6, 6.07) is 16.4. The van der Waals surface area contributed by atoms with Gasteiger partial charge in [-0.2, -0.15) is 5.26 Å². The van der Waals surface area contributed by atoms with Crippen LogP contribution in [0.5, 0.6) is 0 Å². The van der Waals surface area contributed by atoms with Crippen molar-refractivity contribution in [1.29, 1.82) is 5.26 Å². The van der Waals surface area contributed by atoms with Gasteiger partial charge in [0.15, 0.2) is 5.92 Å². The van der Waals surface area contributed by atoms with Gasteiger partial charge in [0.05, 0.1) is 23.1 Å². The Hall–Kier alpha value is -2.84. The Morgan fingerprint density at radius 1 is 1.17 bits per heavy atom. The summed E-state index contributed by atoms with van der Waals surface area (Å²) in [5.41, 5.74) is 2.35. The zero-order valence-electron chi connectivity index (χ0n) is 11.9. The number of halogens is 1. The van der Waals surface area contributed by atoms with Crippen molar-refractivity contribution in [2.75, 3.05) is 5.32 Å². The Kier molecular flexibility index (Phi) is 3.07. The smallest absolute Gasteiger partial charge is 0.246 e. The highest BCUT2D eigenvalue weighted by Crippen LogP contribution is 2.39. The number of carbonyl (C=O) groups is 1. The number of imidazole rings is 1. The maximum atomic E-state index is 12.3. The molecule has 4 rings (SSSR count). The van der Waals surface area contributed by atoms with Gasteiger partial charge in [-0.1, -0.05) is 41.9 Å². The summed E-state index contributed by atoms with van der Waals surface area (Å²) in [7, 11) is 0. The predicted octanol–water partition coefficient (Wildman–Crippen LogP) is 3.37. The first-order valence-electron chi connectivity index (χ1n) is 7.12. The van der Waals surface area contributed by atoms with Gasteiger partial charge in [-0.15, -0.1) is 0 Å². The summed E-state index contributed by atoms with van der Waals surface area (Å²) in [5, 5.41) is 12.8. The monoisotopic (exact) mass is 322 g/mol. The zero-order chi connectivity index (χ0) is 16.0. The molecule has 3 aromatic rings. The molecule has 23 heavy (non-hydrogen) atoms. The van der Waals surface area contributed by atoms with Crippen LogP contribution < -0.4 is 5.32 Å². The minimum atomic E-state index is -0.875. The molecule has 2 aromatic carbocycles. The van der Waals surface area contributed by atoms with Crippen LogP contribution in [0.15, 0.2) is 48.5 Å². The predicted molar refractivity (Wildman–Crippen MR) is 87.1 cm³/mol. The van der Waals surface area contributed by atoms with Gasteiger partial charge in [0.2, 0.25) is 11.9 Å². The number of benzene rings is 2. The normalized spacial score (nSPS) is 19.9. The van der Waals surface area contributed by atoms with Gasteiger partial charge in [0.1, 0.15) is 0 Å². The van der Waals surface area contributed by atoms with E-state index >= 15 is 0 Å². The number of carbonyl (C=O) groups excluding carboxylic acids is 1. The molecule has 0 saturated carbocycles. The molecule has 6 heteroatoms. The summed E-state index contributed by atoms with van der Waals surface area (Å²) in [6.07, 6.45) is 0. The highest BCUT2D eigenvalue weighted by molar-refractivity contribution is 6.31. The average molecular weight is 323 g/mol. The largest absolute Gasteiger partial charge is 0.300 e. The lowest BCUT2D eigenvalue weighted by molar-refractivity contribution is -0.119. The number of para-hydroxylation sites is 2. The van der Waals surface area contributed by atoms with E-state index in [1.54, 1.807) is 6.07 Å². The Bertz CT molecular complexity index is 972. The van der Waals surface area contributed by atoms with Crippen LogP contribution in [0, 0.1) is 17.2 Å². The van der Waals surface area contributed by atoms with Gasteiger partial charge in [-0.3, -0.25) is 10.1 Å². The first kappa shape index (κ1) is 13.8. The fourth-order valence-electron chi connectivity index (χ4n) is 3.06. The number of fused-ring (bicyclic) bond motifs is 3. The van der Waals surface area contributed by atoms with Gasteiger partial charge < -0.3 is 4.57 Å². The number of nitrogens with one attached hydrogen (secondary N) is 1. The number of nitriles is 1. The minimum Gasteiger partial charge on any atom is -0.300 e. The summed E-state index contributed by atoms with van der Waals surface area (Å²) in [6.45, 7) is 0. The number of nitrogens with zero attached hydrogens (tertiary/aromatic N) is 3. The molecular formula is C17H11ClN4O. The van der Waals surface area contributed by atoms with Gasteiger partial charge in [0, 0.05) is 5.02 Å². The summed E-state index contributed by atoms with van der Waals surface area (Å²) < 4.78 is 1.88. The van der Waals surface area contributed by atoms with Crippen LogP contribution in [0.3, 0.4) is 0 Å². The molecule has 0 spiro atoms. The van der Waals surface area contributed by atoms with Gasteiger partial charge >= 0.3 is 0 Å². The van der Waals surface area contributed by atoms with E-state index in [-0.39, 0.29) is 5.91 Å². The van der Waals surface area contributed by atoms with E-state index in [0.717, 1.165) is 16.6 Å². The van der Waals surface area contributed by atoms with Crippen LogP contribution in [0.25, 0.3) is 11.0 Å². The first-order valence-corrected chi connectivity index (χ1v) is 7.50. The fourth-order valence-corrected chi connectivity index (χ4v) is 3.30. The number of anilines is 1. The molecule has 2 heterocycles. The highest BCUT2D eigenvalue weighted by Gasteiger charge is 2.39. The molecule has 112 valence electrons. The first-order chi connectivity index (χ1) is 11.2. The number of aromatic nitrogens is 2. The van der Waals surface area contributed by atoms with Crippen molar-refractivity contribution in [3.05, 3.63) is 59.1 Å². The van der Waals surface area contributed by atoms with Crippen molar-refractivity contribution in [3.8, 4) is 6.07 Å². The third kappa shape index (κ3) is 2.00. The third-order valence-corrected chi connectivity index (χ3v) is 4.41. The molecular weight excluding hydrogens is 312 g/mol. The molecule has 1 N–H and O–H groups in total. The van der Waals surface area contributed by atoms with Crippen LogP contribution in [0.4, 0.5) is 5.95 Å². The molecule has 1 aliphatic rings. The summed E-state index contributed by atoms with van der Waals surface area (Å²) in [5.74, 6) is -0.798. The fraction of sp³-hybridized carbons (Fsp3) is 0.118. The van der Waals surface area contributed by atoms with Crippen LogP contribution in [-0.4, -0.2) is 15.5 Å². The van der Waals surface area contributed by atoms with Crippen LogP contribution in [0.1, 0.15) is 11.6 Å². The molecule has 0 aliphatic carbocycles. The van der Waals surface area contributed by atoms with Gasteiger partial charge in [-0.25, -0.2) is 4.98 Å². The molecule has 0 fully saturated rings. The molecule has 1 aromatic heterocycles. The molecule has 0 saturated heterocycles. The lowest BCUT2D eigenvalue weighted by Crippen LogP contribution is -2.37. The van der Waals surface area contributed by atoms with Crippen LogP contribution in [0.2, 0.25) is 5.02 Å². The van der Waals surface area contributed by atoms with Crippen molar-refractivity contribution in [2.45, 2.75) is 6.04 Å². The van der Waals surface area contributed by atoms with Crippen LogP contribution >= 0.6 is 11.6 Å². The topological polar surface area (TPSA) is 70.7 Å². The summed E-state index contributed by atoms with van der Waals surface area (Å²) >= 11 is 6.34. The van der Waals surface area contributed by atoms with E-state index in [9.17, 15) is 10.1 Å². The quantitative estimate of drug-likeness (QED) is 0.746. The second kappa shape index (κ2) is 5.11. The number of rotatable bonds is 1. The highest BCUT2D eigenvalue weighted by atomic mass is 35.5. The Balaban J connectivity index is 2.05. The molecule has 0 bridgehead atoms. The van der Waals surface area contributed by atoms with Crippen molar-refractivity contribution >= 4 is 34.5 Å². The van der Waals surface area contributed by atoms with Gasteiger partial charge in [0.25, 0.3) is 0 Å². The van der Waals surface area contributed by atoms with Crippen molar-refractivity contribution < 1.29 is 4.79 Å². The maximum Gasteiger partial charge on any atom is 0.246 e. The number of amides is 1. The Morgan fingerprint density at radius 2 is 1.91 bits per heavy atom. The number of hydrogen-bond acceptors (Lipinski definition) is 3. The summed E-state index contributed by atoms with van der Waals surface area (Å²) in [4.78, 5) is 16.8. The molecule has 2 atom stereocenters. The standard InChI is InChI=1S/C17H11ClN4O/c18-12-6-2-1-5-10(12)15-11(9-19)16(23)21-17-20-13-7-3-4-8-14(13)22(15)17/h1-8,11,15H,(H,20,21,23)/t11-,15-/m1/s1. The van der Waals surface area contributed by atoms with E-state index in [1.807, 2.05) is 47.0 Å². The molecule has 0 unspecified atom stereocenters. The lowest BCUT2D eigenvalue weighted by Gasteiger charge is -2.30. The zero-order valence-corrected chi connectivity index (χ0v) is 12.7. The van der Waals surface area contributed by atoms with Crippen molar-refractivity contribution in [1.82, 2.24) is 9.55 Å². The SMILES string of the molecule is N#C[C@H]1C(=O)Nc2nc3ccccc3n2[C@@H]1c1ccccc1Cl. The van der Waals surface area contributed by atoms with E-state index in [0.29, 0.717) is 11.0 Å². The van der Waals surface area contributed by atoms with E-state index in [4.69, 9.17) is 11.6 Å². The molecule has 5 nitrogen and oxygen atoms in total. The van der Waals surface area contributed by atoms with Crippen LogP contribution in [-0.2, 0) is 4.79 Å². The Morgan fingerprint density at radius 3 is 2.70 bits per heavy atom. The Labute approximate surface area is 137 Å². The number of hydrogen-bond donors (Lipinski definition) is 1. The van der Waals surface area contributed by atoms with Gasteiger partial charge in [-0.05, 0) is 23.8 Å². The maximum absolute atomic E-state index is 12.3. The van der Waals surface area contributed by atoms with E-state index < -0.39 is 12.0 Å².